The van der Waals surface area contributed by atoms with E-state index in [1.165, 1.54) is 0 Å². The third-order valence-corrected chi connectivity index (χ3v) is 2.52. The minimum Gasteiger partial charge on any atom is -0.343 e. The normalized spacial score (nSPS) is 15.1. The lowest BCUT2D eigenvalue weighted by Gasteiger charge is -2.25. The van der Waals surface area contributed by atoms with Gasteiger partial charge in [-0.3, -0.25) is 4.98 Å². The standard InChI is InChI=1S/C14H14N2/c1-3-12-8-10-16(4-2)14(11-12)13-7-5-6-9-15-13/h3-9,11H,1-2,10H2. The van der Waals surface area contributed by atoms with Crippen LogP contribution in [0.15, 0.2) is 67.6 Å². The zero-order valence-electron chi connectivity index (χ0n) is 9.13. The molecule has 1 aliphatic heterocycles. The van der Waals surface area contributed by atoms with Crippen LogP contribution in [0.2, 0.25) is 0 Å². The van der Waals surface area contributed by atoms with Gasteiger partial charge in [0.1, 0.15) is 0 Å². The molecular formula is C14H14N2. The van der Waals surface area contributed by atoms with Gasteiger partial charge in [-0.15, -0.1) is 0 Å². The van der Waals surface area contributed by atoms with Crippen molar-refractivity contribution in [2.24, 2.45) is 0 Å². The number of hydrogen-bond donors (Lipinski definition) is 0. The van der Waals surface area contributed by atoms with Gasteiger partial charge in [-0.25, -0.2) is 0 Å². The molecule has 1 aliphatic rings. The highest BCUT2D eigenvalue weighted by Gasteiger charge is 2.12. The fraction of sp³-hybridized carbons (Fsp3) is 0.0714. The Kier molecular flexibility index (Phi) is 3.01. The van der Waals surface area contributed by atoms with Crippen molar-refractivity contribution in [3.05, 3.63) is 73.2 Å². The highest BCUT2D eigenvalue weighted by Crippen LogP contribution is 2.23. The van der Waals surface area contributed by atoms with E-state index in [1.54, 1.807) is 6.20 Å². The molecule has 80 valence electrons. The van der Waals surface area contributed by atoms with E-state index in [-0.39, 0.29) is 0 Å². The summed E-state index contributed by atoms with van der Waals surface area (Å²) in [6.45, 7) is 8.41. The maximum absolute atomic E-state index is 4.35. The average molecular weight is 210 g/mol. The predicted octanol–water partition coefficient (Wildman–Crippen LogP) is 2.99. The van der Waals surface area contributed by atoms with E-state index in [1.807, 2.05) is 30.5 Å². The molecule has 0 spiro atoms. The summed E-state index contributed by atoms with van der Waals surface area (Å²) in [6, 6.07) is 5.89. The molecular weight excluding hydrogens is 196 g/mol. The first-order valence-electron chi connectivity index (χ1n) is 5.20. The highest BCUT2D eigenvalue weighted by molar-refractivity contribution is 5.67. The summed E-state index contributed by atoms with van der Waals surface area (Å²) in [6.07, 6.45) is 9.64. The Balaban J connectivity index is 2.42. The minimum atomic E-state index is 0.813. The Morgan fingerprint density at radius 1 is 1.31 bits per heavy atom. The molecule has 0 unspecified atom stereocenters. The summed E-state index contributed by atoms with van der Waals surface area (Å²) in [5.74, 6) is 0. The first kappa shape index (κ1) is 10.4. The lowest BCUT2D eigenvalue weighted by Crippen LogP contribution is -2.19. The van der Waals surface area contributed by atoms with Crippen LogP contribution in [0, 0.1) is 0 Å². The lowest BCUT2D eigenvalue weighted by atomic mass is 10.1. The smallest absolute Gasteiger partial charge is 0.0866 e. The fourth-order valence-corrected chi connectivity index (χ4v) is 1.65. The topological polar surface area (TPSA) is 16.1 Å². The van der Waals surface area contributed by atoms with E-state index in [2.05, 4.69) is 35.2 Å². The van der Waals surface area contributed by atoms with Crippen LogP contribution in [-0.4, -0.2) is 16.4 Å². The van der Waals surface area contributed by atoms with Crippen molar-refractivity contribution >= 4 is 5.70 Å². The number of aromatic nitrogens is 1. The van der Waals surface area contributed by atoms with Crippen LogP contribution >= 0.6 is 0 Å². The largest absolute Gasteiger partial charge is 0.343 e. The van der Waals surface area contributed by atoms with Crippen molar-refractivity contribution in [3.63, 3.8) is 0 Å². The van der Waals surface area contributed by atoms with Gasteiger partial charge in [0.25, 0.3) is 0 Å². The molecule has 0 aliphatic carbocycles. The van der Waals surface area contributed by atoms with Crippen LogP contribution < -0.4 is 0 Å². The average Bonchev–Trinajstić information content (AvgIpc) is 2.39. The second-order valence-electron chi connectivity index (χ2n) is 3.49. The molecule has 16 heavy (non-hydrogen) atoms. The monoisotopic (exact) mass is 210 g/mol. The van der Waals surface area contributed by atoms with Gasteiger partial charge in [0, 0.05) is 12.7 Å². The molecule has 0 radical (unpaired) electrons. The van der Waals surface area contributed by atoms with E-state index in [9.17, 15) is 0 Å². The van der Waals surface area contributed by atoms with Crippen molar-refractivity contribution < 1.29 is 0 Å². The quantitative estimate of drug-likeness (QED) is 0.762. The van der Waals surface area contributed by atoms with Gasteiger partial charge in [-0.05, 0) is 30.0 Å². The van der Waals surface area contributed by atoms with E-state index < -0.39 is 0 Å². The zero-order chi connectivity index (χ0) is 11.4. The molecule has 0 aromatic carbocycles. The Morgan fingerprint density at radius 3 is 2.81 bits per heavy atom. The van der Waals surface area contributed by atoms with E-state index in [0.29, 0.717) is 0 Å². The van der Waals surface area contributed by atoms with Crippen LogP contribution in [0.4, 0.5) is 0 Å². The third kappa shape index (κ3) is 1.96. The Bertz CT molecular complexity index is 455. The summed E-state index contributed by atoms with van der Waals surface area (Å²) in [5.41, 5.74) is 3.14. The number of nitrogens with zero attached hydrogens (tertiary/aromatic N) is 2. The summed E-state index contributed by atoms with van der Waals surface area (Å²) in [7, 11) is 0. The molecule has 0 fully saturated rings. The van der Waals surface area contributed by atoms with Gasteiger partial charge in [0.15, 0.2) is 0 Å². The molecule has 0 N–H and O–H groups in total. The van der Waals surface area contributed by atoms with Crippen molar-refractivity contribution in [1.29, 1.82) is 0 Å². The maximum atomic E-state index is 4.35. The van der Waals surface area contributed by atoms with Crippen LogP contribution in [0.5, 0.6) is 0 Å². The van der Waals surface area contributed by atoms with Crippen LogP contribution in [-0.2, 0) is 0 Å². The van der Waals surface area contributed by atoms with Gasteiger partial charge in [0.2, 0.25) is 0 Å². The molecule has 2 heterocycles. The third-order valence-electron chi connectivity index (χ3n) is 2.52. The Morgan fingerprint density at radius 2 is 2.19 bits per heavy atom. The molecule has 0 saturated heterocycles. The van der Waals surface area contributed by atoms with Crippen LogP contribution in [0.25, 0.3) is 5.70 Å². The SMILES string of the molecule is C=CC1=CCN(C=C)C(c2ccccn2)=C1. The van der Waals surface area contributed by atoms with E-state index in [0.717, 1.165) is 23.5 Å². The van der Waals surface area contributed by atoms with Gasteiger partial charge in [-0.2, -0.15) is 0 Å². The van der Waals surface area contributed by atoms with Gasteiger partial charge >= 0.3 is 0 Å². The van der Waals surface area contributed by atoms with Crippen LogP contribution in [0.3, 0.4) is 0 Å². The Hall–Kier alpha value is -2.09. The van der Waals surface area contributed by atoms with Crippen molar-refractivity contribution in [2.45, 2.75) is 0 Å². The molecule has 1 aromatic heterocycles. The summed E-state index contributed by atoms with van der Waals surface area (Å²) in [4.78, 5) is 6.41. The van der Waals surface area contributed by atoms with Gasteiger partial charge in [-0.1, -0.05) is 31.4 Å². The number of hydrogen-bond acceptors (Lipinski definition) is 2. The van der Waals surface area contributed by atoms with Crippen molar-refractivity contribution in [3.8, 4) is 0 Å². The second kappa shape index (κ2) is 4.62. The van der Waals surface area contributed by atoms with E-state index in [4.69, 9.17) is 0 Å². The fourth-order valence-electron chi connectivity index (χ4n) is 1.65. The molecule has 2 rings (SSSR count). The highest BCUT2D eigenvalue weighted by atomic mass is 15.1. The molecule has 1 aromatic rings. The molecule has 2 nitrogen and oxygen atoms in total. The number of allylic oxidation sites excluding steroid dienone is 3. The molecule has 0 bridgehead atoms. The van der Waals surface area contributed by atoms with Gasteiger partial charge < -0.3 is 4.90 Å². The van der Waals surface area contributed by atoms with Crippen molar-refractivity contribution in [1.82, 2.24) is 9.88 Å². The second-order valence-corrected chi connectivity index (χ2v) is 3.49. The molecule has 0 amide bonds. The summed E-state index contributed by atoms with van der Waals surface area (Å²) >= 11 is 0. The first-order valence-corrected chi connectivity index (χ1v) is 5.20. The Labute approximate surface area is 95.9 Å². The predicted molar refractivity (Wildman–Crippen MR) is 67.4 cm³/mol. The lowest BCUT2D eigenvalue weighted by molar-refractivity contribution is 0.584. The summed E-state index contributed by atoms with van der Waals surface area (Å²) in [5, 5.41) is 0. The van der Waals surface area contributed by atoms with Gasteiger partial charge in [0.05, 0.1) is 11.4 Å². The first-order chi connectivity index (χ1) is 7.85. The number of pyridine rings is 1. The summed E-state index contributed by atoms with van der Waals surface area (Å²) < 4.78 is 0. The molecule has 2 heteroatoms. The van der Waals surface area contributed by atoms with Crippen molar-refractivity contribution in [2.75, 3.05) is 6.54 Å². The maximum Gasteiger partial charge on any atom is 0.0866 e. The zero-order valence-corrected chi connectivity index (χ0v) is 9.13. The minimum absolute atomic E-state index is 0.813. The van der Waals surface area contributed by atoms with E-state index >= 15 is 0 Å². The number of rotatable bonds is 3. The molecule has 0 saturated carbocycles. The molecule has 0 atom stereocenters. The van der Waals surface area contributed by atoms with Crippen LogP contribution in [0.1, 0.15) is 5.69 Å².